The number of nitrogens with two attached hydrogens (primary N) is 2. The van der Waals surface area contributed by atoms with Crippen LogP contribution in [0.4, 0.5) is 0 Å². The Kier molecular flexibility index (Phi) is 4.28. The first kappa shape index (κ1) is 13.0. The summed E-state index contributed by atoms with van der Waals surface area (Å²) in [6.07, 6.45) is 0. The smallest absolute Gasteiger partial charge is 0.322 e. The van der Waals surface area contributed by atoms with Crippen LogP contribution in [-0.4, -0.2) is 24.2 Å². The summed E-state index contributed by atoms with van der Waals surface area (Å²) in [5.41, 5.74) is 11.8. The summed E-state index contributed by atoms with van der Waals surface area (Å²) in [5, 5.41) is 8.79. The van der Waals surface area contributed by atoms with E-state index in [9.17, 15) is 4.79 Å². The van der Waals surface area contributed by atoms with Crippen molar-refractivity contribution < 1.29 is 14.6 Å². The molecule has 16 heavy (non-hydrogen) atoms. The van der Waals surface area contributed by atoms with Crippen LogP contribution in [0.5, 0.6) is 5.75 Å². The van der Waals surface area contributed by atoms with Gasteiger partial charge in [-0.25, -0.2) is 0 Å². The maximum atomic E-state index is 10.7. The first-order chi connectivity index (χ1) is 7.47. The van der Waals surface area contributed by atoms with Gasteiger partial charge in [0.05, 0.1) is 13.2 Å². The molecule has 6 heteroatoms. The molecule has 1 rings (SSSR count). The number of carboxylic acids is 1. The molecule has 5 nitrogen and oxygen atoms in total. The largest absolute Gasteiger partial charge is 0.496 e. The number of ether oxygens (including phenoxy) is 1. The topological polar surface area (TPSA) is 98.6 Å². The third-order valence-corrected chi connectivity index (χ3v) is 2.72. The number of hydrogen-bond donors (Lipinski definition) is 3. The third-order valence-electron chi connectivity index (χ3n) is 2.22. The fourth-order valence-electron chi connectivity index (χ4n) is 1.31. The second kappa shape index (κ2) is 5.29. The number of carboxylic acid groups (broad SMARTS) is 1. The molecule has 0 spiro atoms. The van der Waals surface area contributed by atoms with Crippen molar-refractivity contribution in [1.29, 1.82) is 0 Å². The fraction of sp³-hybridized carbons (Fsp3) is 0.300. The molecule has 0 aliphatic heterocycles. The SMILES string of the molecule is COc1ccc(Br)cc1C(N)C(N)C(=O)O. The minimum absolute atomic E-state index is 0.521. The van der Waals surface area contributed by atoms with Gasteiger partial charge >= 0.3 is 5.97 Å². The van der Waals surface area contributed by atoms with Crippen molar-refractivity contribution in [1.82, 2.24) is 0 Å². The second-order valence-corrected chi connectivity index (χ2v) is 4.19. The molecule has 0 bridgehead atoms. The molecule has 0 aliphatic rings. The fourth-order valence-corrected chi connectivity index (χ4v) is 1.69. The van der Waals surface area contributed by atoms with Gasteiger partial charge in [-0.05, 0) is 18.2 Å². The van der Waals surface area contributed by atoms with Crippen LogP contribution >= 0.6 is 15.9 Å². The summed E-state index contributed by atoms with van der Waals surface area (Å²) in [5.74, 6) is -0.623. The van der Waals surface area contributed by atoms with E-state index < -0.39 is 18.1 Å². The molecule has 0 heterocycles. The van der Waals surface area contributed by atoms with Crippen molar-refractivity contribution in [3.05, 3.63) is 28.2 Å². The van der Waals surface area contributed by atoms with E-state index in [4.69, 9.17) is 21.3 Å². The van der Waals surface area contributed by atoms with Crippen molar-refractivity contribution >= 4 is 21.9 Å². The Morgan fingerprint density at radius 1 is 1.50 bits per heavy atom. The summed E-state index contributed by atoms with van der Waals surface area (Å²) < 4.78 is 5.89. The molecule has 2 unspecified atom stereocenters. The average molecular weight is 289 g/mol. The molecule has 0 radical (unpaired) electrons. The highest BCUT2D eigenvalue weighted by Gasteiger charge is 2.24. The number of methoxy groups -OCH3 is 1. The highest BCUT2D eigenvalue weighted by Crippen LogP contribution is 2.28. The van der Waals surface area contributed by atoms with E-state index in [0.717, 1.165) is 4.47 Å². The zero-order valence-corrected chi connectivity index (χ0v) is 10.3. The van der Waals surface area contributed by atoms with E-state index in [0.29, 0.717) is 11.3 Å². The zero-order valence-electron chi connectivity index (χ0n) is 8.68. The van der Waals surface area contributed by atoms with Crippen LogP contribution in [0.15, 0.2) is 22.7 Å². The van der Waals surface area contributed by atoms with Gasteiger partial charge in [0.15, 0.2) is 0 Å². The van der Waals surface area contributed by atoms with Gasteiger partial charge in [0.25, 0.3) is 0 Å². The lowest BCUT2D eigenvalue weighted by atomic mass is 10.00. The van der Waals surface area contributed by atoms with Crippen LogP contribution in [0.25, 0.3) is 0 Å². The Morgan fingerprint density at radius 3 is 2.62 bits per heavy atom. The third kappa shape index (κ3) is 2.72. The standard InChI is InChI=1S/C10H13BrN2O3/c1-16-7-3-2-5(11)4-6(7)8(12)9(13)10(14)15/h2-4,8-9H,12-13H2,1H3,(H,14,15). The minimum atomic E-state index is -1.16. The molecule has 0 aliphatic carbocycles. The predicted molar refractivity (Wildman–Crippen MR) is 63.2 cm³/mol. The van der Waals surface area contributed by atoms with Gasteiger partial charge in [-0.3, -0.25) is 4.79 Å². The summed E-state index contributed by atoms with van der Waals surface area (Å²) in [6.45, 7) is 0. The van der Waals surface area contributed by atoms with Gasteiger partial charge in [0.2, 0.25) is 0 Å². The molecule has 0 saturated carbocycles. The van der Waals surface area contributed by atoms with E-state index in [2.05, 4.69) is 15.9 Å². The molecular formula is C10H13BrN2O3. The molecule has 0 amide bonds. The molecule has 5 N–H and O–H groups in total. The summed E-state index contributed by atoms with van der Waals surface area (Å²) in [7, 11) is 1.49. The van der Waals surface area contributed by atoms with Crippen molar-refractivity contribution in [3.8, 4) is 5.75 Å². The monoisotopic (exact) mass is 288 g/mol. The Labute approximate surface area is 102 Å². The number of hydrogen-bond acceptors (Lipinski definition) is 4. The van der Waals surface area contributed by atoms with Crippen LogP contribution in [0, 0.1) is 0 Å². The Bertz CT molecular complexity index is 398. The van der Waals surface area contributed by atoms with Gasteiger partial charge in [0.1, 0.15) is 11.8 Å². The molecule has 88 valence electrons. The number of rotatable bonds is 4. The van der Waals surface area contributed by atoms with E-state index in [1.54, 1.807) is 18.2 Å². The van der Waals surface area contributed by atoms with E-state index >= 15 is 0 Å². The lowest BCUT2D eigenvalue weighted by Gasteiger charge is -2.19. The molecule has 0 saturated heterocycles. The van der Waals surface area contributed by atoms with E-state index in [1.165, 1.54) is 7.11 Å². The molecule has 0 fully saturated rings. The first-order valence-corrected chi connectivity index (χ1v) is 5.34. The van der Waals surface area contributed by atoms with Gasteiger partial charge in [-0.2, -0.15) is 0 Å². The first-order valence-electron chi connectivity index (χ1n) is 4.54. The van der Waals surface area contributed by atoms with Crippen molar-refractivity contribution in [2.75, 3.05) is 7.11 Å². The Hall–Kier alpha value is -1.11. The quantitative estimate of drug-likeness (QED) is 0.764. The van der Waals surface area contributed by atoms with Crippen LogP contribution < -0.4 is 16.2 Å². The van der Waals surface area contributed by atoms with Crippen LogP contribution in [0.1, 0.15) is 11.6 Å². The van der Waals surface area contributed by atoms with E-state index in [-0.39, 0.29) is 0 Å². The van der Waals surface area contributed by atoms with Crippen molar-refractivity contribution in [3.63, 3.8) is 0 Å². The van der Waals surface area contributed by atoms with Gasteiger partial charge in [-0.15, -0.1) is 0 Å². The highest BCUT2D eigenvalue weighted by atomic mass is 79.9. The normalized spacial score (nSPS) is 14.2. The predicted octanol–water partition coefficient (Wildman–Crippen LogP) is 0.869. The number of halogens is 1. The molecule has 1 aromatic carbocycles. The Morgan fingerprint density at radius 2 is 2.12 bits per heavy atom. The van der Waals surface area contributed by atoms with Gasteiger partial charge in [0, 0.05) is 10.0 Å². The number of aliphatic carboxylic acids is 1. The van der Waals surface area contributed by atoms with Crippen LogP contribution in [0.3, 0.4) is 0 Å². The maximum absolute atomic E-state index is 10.7. The molecular weight excluding hydrogens is 276 g/mol. The molecule has 2 atom stereocenters. The number of benzene rings is 1. The van der Waals surface area contributed by atoms with Gasteiger partial charge in [-0.1, -0.05) is 15.9 Å². The summed E-state index contributed by atoms with van der Waals surface area (Å²) in [4.78, 5) is 10.7. The second-order valence-electron chi connectivity index (χ2n) is 3.28. The van der Waals surface area contributed by atoms with E-state index in [1.807, 2.05) is 0 Å². The minimum Gasteiger partial charge on any atom is -0.496 e. The summed E-state index contributed by atoms with van der Waals surface area (Å²) in [6, 6.07) is 3.20. The Balaban J connectivity index is 3.10. The van der Waals surface area contributed by atoms with Crippen LogP contribution in [-0.2, 0) is 4.79 Å². The van der Waals surface area contributed by atoms with Crippen LogP contribution in [0.2, 0.25) is 0 Å². The average Bonchev–Trinajstić information content (AvgIpc) is 2.26. The lowest BCUT2D eigenvalue weighted by Crippen LogP contribution is -2.40. The zero-order chi connectivity index (χ0) is 12.3. The molecule has 1 aromatic rings. The highest BCUT2D eigenvalue weighted by molar-refractivity contribution is 9.10. The lowest BCUT2D eigenvalue weighted by molar-refractivity contribution is -0.139. The maximum Gasteiger partial charge on any atom is 0.322 e. The summed E-state index contributed by atoms with van der Waals surface area (Å²) >= 11 is 3.28. The number of carbonyl (C=O) groups is 1. The van der Waals surface area contributed by atoms with Crippen molar-refractivity contribution in [2.24, 2.45) is 11.5 Å². The molecule has 0 aromatic heterocycles. The van der Waals surface area contributed by atoms with Crippen molar-refractivity contribution in [2.45, 2.75) is 12.1 Å². The van der Waals surface area contributed by atoms with Gasteiger partial charge < -0.3 is 21.3 Å².